The van der Waals surface area contributed by atoms with Gasteiger partial charge in [0.05, 0.1) is 4.92 Å². The first kappa shape index (κ1) is 15.6. The molecule has 0 aliphatic rings. The number of benzene rings is 1. The maximum Gasteiger partial charge on any atom is 0.316 e. The highest BCUT2D eigenvalue weighted by molar-refractivity contribution is 5.73. The number of amides is 2. The highest BCUT2D eigenvalue weighted by atomic mass is 19.2. The number of halogens is 2. The molecule has 0 fully saturated rings. The molecular weight excluding hydrogens is 274 g/mol. The van der Waals surface area contributed by atoms with E-state index in [0.717, 1.165) is 6.07 Å². The van der Waals surface area contributed by atoms with Crippen LogP contribution in [0.1, 0.15) is 0 Å². The van der Waals surface area contributed by atoms with Crippen LogP contribution in [0.5, 0.6) is 0 Å². The van der Waals surface area contributed by atoms with Crippen LogP contribution in [0.15, 0.2) is 12.1 Å². The van der Waals surface area contributed by atoms with E-state index in [1.165, 1.54) is 4.90 Å². The fourth-order valence-electron chi connectivity index (χ4n) is 1.38. The summed E-state index contributed by atoms with van der Waals surface area (Å²) in [5, 5.41) is 15.6. The zero-order valence-electron chi connectivity index (χ0n) is 10.9. The molecule has 9 heteroatoms. The van der Waals surface area contributed by atoms with Crippen molar-refractivity contribution >= 4 is 17.4 Å². The van der Waals surface area contributed by atoms with Gasteiger partial charge in [-0.3, -0.25) is 10.1 Å². The van der Waals surface area contributed by atoms with Crippen LogP contribution in [-0.4, -0.2) is 43.0 Å². The lowest BCUT2D eigenvalue weighted by molar-refractivity contribution is -0.384. The van der Waals surface area contributed by atoms with Gasteiger partial charge in [-0.05, 0) is 6.07 Å². The molecule has 1 rings (SSSR count). The third kappa shape index (κ3) is 3.77. The van der Waals surface area contributed by atoms with Crippen molar-refractivity contribution in [3.63, 3.8) is 0 Å². The fourth-order valence-corrected chi connectivity index (χ4v) is 1.38. The molecule has 0 aliphatic heterocycles. The second-order valence-corrected chi connectivity index (χ2v) is 4.07. The lowest BCUT2D eigenvalue weighted by Crippen LogP contribution is -2.37. The number of urea groups is 1. The van der Waals surface area contributed by atoms with Gasteiger partial charge < -0.3 is 15.5 Å². The molecule has 0 saturated carbocycles. The Morgan fingerprint density at radius 3 is 2.55 bits per heavy atom. The van der Waals surface area contributed by atoms with Crippen LogP contribution < -0.4 is 10.6 Å². The highest BCUT2D eigenvalue weighted by Crippen LogP contribution is 2.28. The van der Waals surface area contributed by atoms with Gasteiger partial charge in [0.25, 0.3) is 5.69 Å². The zero-order chi connectivity index (χ0) is 15.3. The minimum absolute atomic E-state index is 0.0147. The van der Waals surface area contributed by atoms with E-state index in [-0.39, 0.29) is 19.1 Å². The van der Waals surface area contributed by atoms with E-state index in [4.69, 9.17) is 0 Å². The van der Waals surface area contributed by atoms with E-state index < -0.39 is 27.9 Å². The second kappa shape index (κ2) is 6.64. The minimum Gasteiger partial charge on any atom is -0.375 e. The number of nitrogens with one attached hydrogen (secondary N) is 2. The molecule has 1 aromatic carbocycles. The number of hydrogen-bond donors (Lipinski definition) is 2. The summed E-state index contributed by atoms with van der Waals surface area (Å²) in [6, 6.07) is 1.20. The maximum absolute atomic E-state index is 13.5. The van der Waals surface area contributed by atoms with Crippen molar-refractivity contribution in [2.24, 2.45) is 0 Å². The van der Waals surface area contributed by atoms with Crippen molar-refractivity contribution in [2.45, 2.75) is 0 Å². The van der Waals surface area contributed by atoms with Crippen LogP contribution in [0.25, 0.3) is 0 Å². The zero-order valence-corrected chi connectivity index (χ0v) is 10.9. The Morgan fingerprint density at radius 1 is 1.35 bits per heavy atom. The summed E-state index contributed by atoms with van der Waals surface area (Å²) < 4.78 is 26.6. The minimum atomic E-state index is -1.32. The Bertz CT molecular complexity index is 523. The van der Waals surface area contributed by atoms with Gasteiger partial charge in [-0.1, -0.05) is 0 Å². The smallest absolute Gasteiger partial charge is 0.316 e. The predicted octanol–water partition coefficient (Wildman–Crippen LogP) is 1.56. The normalized spacial score (nSPS) is 10.0. The number of nitro benzene ring substituents is 1. The maximum atomic E-state index is 13.5. The number of carbonyl (C=O) groups excluding carboxylic acids is 1. The Hall–Kier alpha value is -2.45. The van der Waals surface area contributed by atoms with Gasteiger partial charge in [0.15, 0.2) is 17.3 Å². The van der Waals surface area contributed by atoms with E-state index in [2.05, 4.69) is 10.6 Å². The molecule has 110 valence electrons. The molecular formula is C11H14F2N4O3. The van der Waals surface area contributed by atoms with Gasteiger partial charge in [-0.25, -0.2) is 13.6 Å². The first-order valence-electron chi connectivity index (χ1n) is 5.66. The average molecular weight is 288 g/mol. The number of anilines is 1. The van der Waals surface area contributed by atoms with Crippen molar-refractivity contribution in [2.75, 3.05) is 32.5 Å². The summed E-state index contributed by atoms with van der Waals surface area (Å²) >= 11 is 0. The first-order valence-corrected chi connectivity index (χ1v) is 5.66. The summed E-state index contributed by atoms with van der Waals surface area (Å²) in [5.41, 5.74) is -1.10. The summed E-state index contributed by atoms with van der Waals surface area (Å²) in [5.74, 6) is -2.51. The molecule has 0 atom stereocenters. The van der Waals surface area contributed by atoms with Crippen LogP contribution in [0.4, 0.5) is 25.0 Å². The van der Waals surface area contributed by atoms with Crippen LogP contribution in [0.2, 0.25) is 0 Å². The Labute approximate surface area is 113 Å². The lowest BCUT2D eigenvalue weighted by atomic mass is 10.2. The van der Waals surface area contributed by atoms with Crippen molar-refractivity contribution in [3.8, 4) is 0 Å². The monoisotopic (exact) mass is 288 g/mol. The van der Waals surface area contributed by atoms with Crippen molar-refractivity contribution in [1.29, 1.82) is 0 Å². The average Bonchev–Trinajstić information content (AvgIpc) is 2.38. The van der Waals surface area contributed by atoms with Gasteiger partial charge in [-0.15, -0.1) is 0 Å². The SMILES string of the molecule is CN(C)C(=O)NCCNc1c([N+](=O)[O-])ccc(F)c1F. The van der Waals surface area contributed by atoms with Crippen LogP contribution >= 0.6 is 0 Å². The Morgan fingerprint density at radius 2 is 2.00 bits per heavy atom. The van der Waals surface area contributed by atoms with E-state index in [9.17, 15) is 23.7 Å². The molecule has 0 unspecified atom stereocenters. The van der Waals surface area contributed by atoms with Crippen molar-refractivity contribution < 1.29 is 18.5 Å². The Balaban J connectivity index is 2.70. The fraction of sp³-hybridized carbons (Fsp3) is 0.364. The largest absolute Gasteiger partial charge is 0.375 e. The summed E-state index contributed by atoms with van der Waals surface area (Å²) in [6.07, 6.45) is 0. The molecule has 20 heavy (non-hydrogen) atoms. The molecule has 0 heterocycles. The molecule has 0 aliphatic carbocycles. The number of nitrogens with zero attached hydrogens (tertiary/aromatic N) is 2. The van der Waals surface area contributed by atoms with Gasteiger partial charge in [0.1, 0.15) is 0 Å². The van der Waals surface area contributed by atoms with Crippen LogP contribution in [0.3, 0.4) is 0 Å². The van der Waals surface area contributed by atoms with E-state index >= 15 is 0 Å². The van der Waals surface area contributed by atoms with Crippen molar-refractivity contribution in [1.82, 2.24) is 10.2 Å². The quantitative estimate of drug-likeness (QED) is 0.489. The van der Waals surface area contributed by atoms with Gasteiger partial charge in [-0.2, -0.15) is 0 Å². The number of nitro groups is 1. The predicted molar refractivity (Wildman–Crippen MR) is 68.6 cm³/mol. The number of carbonyl (C=O) groups is 1. The van der Waals surface area contributed by atoms with Gasteiger partial charge in [0, 0.05) is 33.3 Å². The van der Waals surface area contributed by atoms with Gasteiger partial charge >= 0.3 is 6.03 Å². The molecule has 0 spiro atoms. The van der Waals surface area contributed by atoms with Crippen LogP contribution in [-0.2, 0) is 0 Å². The first-order chi connectivity index (χ1) is 9.34. The third-order valence-corrected chi connectivity index (χ3v) is 2.38. The molecule has 2 amide bonds. The van der Waals surface area contributed by atoms with E-state index in [1.807, 2.05) is 0 Å². The topological polar surface area (TPSA) is 87.5 Å². The third-order valence-electron chi connectivity index (χ3n) is 2.38. The lowest BCUT2D eigenvalue weighted by Gasteiger charge is -2.13. The number of rotatable bonds is 5. The molecule has 7 nitrogen and oxygen atoms in total. The summed E-state index contributed by atoms with van der Waals surface area (Å²) in [6.45, 7) is 0.116. The number of hydrogen-bond acceptors (Lipinski definition) is 4. The highest BCUT2D eigenvalue weighted by Gasteiger charge is 2.21. The molecule has 0 radical (unpaired) electrons. The molecule has 0 aromatic heterocycles. The molecule has 0 saturated heterocycles. The van der Waals surface area contributed by atoms with Gasteiger partial charge in [0.2, 0.25) is 0 Å². The van der Waals surface area contributed by atoms with Crippen LogP contribution in [0, 0.1) is 21.7 Å². The standard InChI is InChI=1S/C11H14F2N4O3/c1-16(2)11(18)15-6-5-14-10-8(17(19)20)4-3-7(12)9(10)13/h3-4,14H,5-6H2,1-2H3,(H,15,18). The molecule has 2 N–H and O–H groups in total. The Kier molecular flexibility index (Phi) is 5.18. The van der Waals surface area contributed by atoms with Crippen molar-refractivity contribution in [3.05, 3.63) is 33.9 Å². The molecule has 1 aromatic rings. The summed E-state index contributed by atoms with van der Waals surface area (Å²) in [7, 11) is 3.08. The van der Waals surface area contributed by atoms with E-state index in [1.54, 1.807) is 14.1 Å². The summed E-state index contributed by atoms with van der Waals surface area (Å²) in [4.78, 5) is 22.4. The molecule has 0 bridgehead atoms. The second-order valence-electron chi connectivity index (χ2n) is 4.07. The van der Waals surface area contributed by atoms with E-state index in [0.29, 0.717) is 6.07 Å².